The Balaban J connectivity index is 1.36. The number of hydrogen-bond acceptors (Lipinski definition) is 5. The number of quaternary nitrogens is 1. The van der Waals surface area contributed by atoms with Crippen molar-refractivity contribution in [1.82, 2.24) is 23.7 Å². The summed E-state index contributed by atoms with van der Waals surface area (Å²) in [5.41, 5.74) is 2.81. The average Bonchev–Trinajstić information content (AvgIpc) is 3.34. The van der Waals surface area contributed by atoms with Crippen LogP contribution in [0.25, 0.3) is 22.1 Å². The van der Waals surface area contributed by atoms with Crippen LogP contribution in [0, 0.1) is 6.92 Å². The van der Waals surface area contributed by atoms with E-state index in [2.05, 4.69) is 19.4 Å². The molecule has 10 heteroatoms. The summed E-state index contributed by atoms with van der Waals surface area (Å²) in [6, 6.07) is 8.04. The van der Waals surface area contributed by atoms with Gasteiger partial charge in [-0.2, -0.15) is 4.98 Å². The van der Waals surface area contributed by atoms with E-state index in [4.69, 9.17) is 0 Å². The number of nitrogens with one attached hydrogen (secondary N) is 2. The Labute approximate surface area is 196 Å². The van der Waals surface area contributed by atoms with E-state index in [1.165, 1.54) is 9.47 Å². The van der Waals surface area contributed by atoms with Gasteiger partial charge < -0.3 is 18.9 Å². The first-order valence-corrected chi connectivity index (χ1v) is 11.7. The molecule has 3 aromatic heterocycles. The molecule has 178 valence electrons. The molecule has 0 saturated carbocycles. The fourth-order valence-electron chi connectivity index (χ4n) is 5.15. The summed E-state index contributed by atoms with van der Waals surface area (Å²) in [5, 5.41) is 1.01. The molecule has 2 N–H and O–H groups in total. The Morgan fingerprint density at radius 2 is 1.82 bits per heavy atom. The summed E-state index contributed by atoms with van der Waals surface area (Å²) in [6.07, 6.45) is 0. The van der Waals surface area contributed by atoms with E-state index < -0.39 is 11.2 Å². The van der Waals surface area contributed by atoms with Gasteiger partial charge in [0.15, 0.2) is 11.2 Å². The lowest BCUT2D eigenvalue weighted by Crippen LogP contribution is -3.15. The number of aryl methyl sites for hydroxylation is 3. The van der Waals surface area contributed by atoms with Crippen molar-refractivity contribution in [3.63, 3.8) is 0 Å². The van der Waals surface area contributed by atoms with Crippen molar-refractivity contribution in [2.75, 3.05) is 37.6 Å². The number of carbonyl (C=O) groups is 1. The first-order chi connectivity index (χ1) is 16.3. The number of Topliss-reactive ketones (excluding diaryl/α,β-unsaturated/α-hetero) is 1. The second-order valence-corrected chi connectivity index (χ2v) is 9.02. The molecule has 0 spiro atoms. The highest BCUT2D eigenvalue weighted by atomic mass is 16.2. The normalized spacial score (nSPS) is 15.0. The van der Waals surface area contributed by atoms with Gasteiger partial charge in [-0.05, 0) is 19.9 Å². The van der Waals surface area contributed by atoms with Crippen molar-refractivity contribution in [2.24, 2.45) is 14.1 Å². The van der Waals surface area contributed by atoms with E-state index in [0.717, 1.165) is 35.2 Å². The molecule has 5 rings (SSSR count). The standard InChI is InChI=1S/C24H29N7O3/c1-5-31-20-21(28(4)24(34)26-22(20)33)25-23(31)30-12-10-29(11-13-30)14-18(32)19-15(2)27(3)17-9-7-6-8-16(17)19/h6-9H,5,10-14H2,1-4H3,(H,26,33,34)/p+1. The zero-order chi connectivity index (χ0) is 24.1. The maximum absolute atomic E-state index is 13.3. The zero-order valence-electron chi connectivity index (χ0n) is 20.0. The van der Waals surface area contributed by atoms with Crippen LogP contribution in [0.5, 0.6) is 0 Å². The van der Waals surface area contributed by atoms with Crippen LogP contribution >= 0.6 is 0 Å². The third kappa shape index (κ3) is 3.37. The maximum Gasteiger partial charge on any atom is 0.329 e. The summed E-state index contributed by atoms with van der Waals surface area (Å²) in [4.78, 5) is 48.2. The third-order valence-electron chi connectivity index (χ3n) is 7.15. The zero-order valence-corrected chi connectivity index (χ0v) is 20.0. The van der Waals surface area contributed by atoms with E-state index in [-0.39, 0.29) is 5.78 Å². The quantitative estimate of drug-likeness (QED) is 0.400. The van der Waals surface area contributed by atoms with E-state index in [1.54, 1.807) is 7.05 Å². The van der Waals surface area contributed by atoms with Gasteiger partial charge in [0.25, 0.3) is 5.56 Å². The number of rotatable bonds is 5. The lowest BCUT2D eigenvalue weighted by atomic mass is 10.1. The molecule has 1 aliphatic heterocycles. The molecule has 0 radical (unpaired) electrons. The summed E-state index contributed by atoms with van der Waals surface area (Å²) in [7, 11) is 3.61. The van der Waals surface area contributed by atoms with E-state index in [1.807, 2.05) is 49.7 Å². The van der Waals surface area contributed by atoms with Gasteiger partial charge in [0.05, 0.1) is 31.7 Å². The molecule has 0 unspecified atom stereocenters. The average molecular weight is 465 g/mol. The summed E-state index contributed by atoms with van der Waals surface area (Å²) in [5.74, 6) is 0.861. The SMILES string of the molecule is CCn1c(N2CC[NH+](CC(=O)c3c(C)n(C)c4ccccc34)CC2)nc2c1c(=O)[nH]c(=O)n2C. The van der Waals surface area contributed by atoms with Crippen LogP contribution in [0.15, 0.2) is 33.9 Å². The molecular weight excluding hydrogens is 434 g/mol. The maximum atomic E-state index is 13.3. The van der Waals surface area contributed by atoms with E-state index >= 15 is 0 Å². The van der Waals surface area contributed by atoms with Crippen LogP contribution in [0.1, 0.15) is 23.0 Å². The lowest BCUT2D eigenvalue weighted by Gasteiger charge is -2.32. The highest BCUT2D eigenvalue weighted by molar-refractivity contribution is 6.10. The van der Waals surface area contributed by atoms with Crippen LogP contribution in [0.4, 0.5) is 5.95 Å². The predicted molar refractivity (Wildman–Crippen MR) is 131 cm³/mol. The van der Waals surface area contributed by atoms with Crippen molar-refractivity contribution in [3.8, 4) is 0 Å². The Hall–Kier alpha value is -3.66. The number of H-pyrrole nitrogens is 1. The van der Waals surface area contributed by atoms with Crippen molar-refractivity contribution in [3.05, 3.63) is 56.4 Å². The topological polar surface area (TPSA) is 102 Å². The second kappa shape index (κ2) is 8.28. The minimum Gasteiger partial charge on any atom is -0.347 e. The molecule has 1 aromatic carbocycles. The predicted octanol–water partition coefficient (Wildman–Crippen LogP) is -0.169. The number of fused-ring (bicyclic) bond motifs is 2. The molecular formula is C24H30N7O3+. The second-order valence-electron chi connectivity index (χ2n) is 9.02. The van der Waals surface area contributed by atoms with Crippen molar-refractivity contribution < 1.29 is 9.69 Å². The highest BCUT2D eigenvalue weighted by Crippen LogP contribution is 2.25. The van der Waals surface area contributed by atoms with Gasteiger partial charge in [0.2, 0.25) is 11.7 Å². The molecule has 0 amide bonds. The Kier molecular flexibility index (Phi) is 5.40. The number of hydrogen-bond donors (Lipinski definition) is 2. The molecule has 4 heterocycles. The van der Waals surface area contributed by atoms with Gasteiger partial charge in [0.1, 0.15) is 6.54 Å². The number of aromatic amines is 1. The monoisotopic (exact) mass is 464 g/mol. The number of carbonyl (C=O) groups excluding carboxylic acids is 1. The van der Waals surface area contributed by atoms with Crippen LogP contribution < -0.4 is 21.0 Å². The number of ketones is 1. The largest absolute Gasteiger partial charge is 0.347 e. The van der Waals surface area contributed by atoms with Gasteiger partial charge in [0, 0.05) is 37.2 Å². The molecule has 0 aliphatic carbocycles. The number of nitrogens with zero attached hydrogens (tertiary/aromatic N) is 5. The number of anilines is 1. The molecule has 10 nitrogen and oxygen atoms in total. The van der Waals surface area contributed by atoms with Gasteiger partial charge in [-0.15, -0.1) is 0 Å². The number of imidazole rings is 1. The number of piperazine rings is 1. The molecule has 1 aliphatic rings. The smallest absolute Gasteiger partial charge is 0.329 e. The number of benzene rings is 1. The fraction of sp³-hybridized carbons (Fsp3) is 0.417. The molecule has 34 heavy (non-hydrogen) atoms. The van der Waals surface area contributed by atoms with Crippen LogP contribution in [-0.2, 0) is 20.6 Å². The molecule has 0 bridgehead atoms. The third-order valence-corrected chi connectivity index (χ3v) is 7.15. The van der Waals surface area contributed by atoms with Gasteiger partial charge in [-0.25, -0.2) is 4.79 Å². The van der Waals surface area contributed by atoms with E-state index in [0.29, 0.717) is 43.3 Å². The van der Waals surface area contributed by atoms with Crippen molar-refractivity contribution in [2.45, 2.75) is 20.4 Å². The Morgan fingerprint density at radius 1 is 1.12 bits per heavy atom. The first-order valence-electron chi connectivity index (χ1n) is 11.7. The highest BCUT2D eigenvalue weighted by Gasteiger charge is 2.28. The Bertz CT molecular complexity index is 1530. The molecule has 0 atom stereocenters. The summed E-state index contributed by atoms with van der Waals surface area (Å²) in [6.45, 7) is 7.99. The first kappa shape index (κ1) is 22.1. The minimum absolute atomic E-state index is 0.167. The Morgan fingerprint density at radius 3 is 2.53 bits per heavy atom. The van der Waals surface area contributed by atoms with Crippen molar-refractivity contribution >= 4 is 33.8 Å². The van der Waals surface area contributed by atoms with Gasteiger partial charge >= 0.3 is 5.69 Å². The summed E-state index contributed by atoms with van der Waals surface area (Å²) >= 11 is 0. The molecule has 1 fully saturated rings. The van der Waals surface area contributed by atoms with Crippen molar-refractivity contribution in [1.29, 1.82) is 0 Å². The van der Waals surface area contributed by atoms with Gasteiger partial charge in [-0.3, -0.25) is 19.1 Å². The number of para-hydroxylation sites is 1. The van der Waals surface area contributed by atoms with E-state index in [9.17, 15) is 14.4 Å². The van der Waals surface area contributed by atoms with Gasteiger partial charge in [-0.1, -0.05) is 18.2 Å². The minimum atomic E-state index is -0.471. The lowest BCUT2D eigenvalue weighted by molar-refractivity contribution is -0.892. The van der Waals surface area contributed by atoms with Crippen LogP contribution in [0.3, 0.4) is 0 Å². The van der Waals surface area contributed by atoms with Crippen LogP contribution in [-0.4, -0.2) is 62.2 Å². The summed E-state index contributed by atoms with van der Waals surface area (Å²) < 4.78 is 5.32. The number of aromatic nitrogens is 5. The van der Waals surface area contributed by atoms with Crippen LogP contribution in [0.2, 0.25) is 0 Å². The molecule has 1 saturated heterocycles. The fourth-order valence-corrected chi connectivity index (χ4v) is 5.15. The molecule has 4 aromatic rings.